The first-order valence-electron chi connectivity index (χ1n) is 5.63. The molecule has 1 aliphatic rings. The zero-order chi connectivity index (χ0) is 12.5. The molecule has 0 aromatic carbocycles. The van der Waals surface area contributed by atoms with Gasteiger partial charge < -0.3 is 0 Å². The Hall–Kier alpha value is -0.970. The number of fused-ring (bicyclic) bond motifs is 5. The van der Waals surface area contributed by atoms with E-state index < -0.39 is 0 Å². The van der Waals surface area contributed by atoms with E-state index in [1.165, 1.54) is 19.8 Å². The summed E-state index contributed by atoms with van der Waals surface area (Å²) in [4.78, 5) is 9.90. The van der Waals surface area contributed by atoms with E-state index in [1.54, 1.807) is 11.3 Å². The zero-order valence-electron chi connectivity index (χ0n) is 9.82. The number of hydrogen-bond acceptors (Lipinski definition) is 4. The summed E-state index contributed by atoms with van der Waals surface area (Å²) >= 11 is 9.58. The Morgan fingerprint density at radius 1 is 1.33 bits per heavy atom. The second kappa shape index (κ2) is 3.32. The average Bonchev–Trinajstić information content (AvgIpc) is 2.91. The molecular weight excluding hydrogens is 284 g/mol. The summed E-state index contributed by atoms with van der Waals surface area (Å²) < 4.78 is 2.74. The van der Waals surface area contributed by atoms with Crippen molar-refractivity contribution in [2.24, 2.45) is 0 Å². The first kappa shape index (κ1) is 10.9. The molecule has 0 aliphatic heterocycles. The van der Waals surface area contributed by atoms with Crippen molar-refractivity contribution in [3.05, 3.63) is 34.2 Å². The molecule has 2 nitrogen and oxygen atoms in total. The minimum atomic E-state index is -0.0830. The molecule has 4 rings (SSSR count). The Labute approximate surface area is 117 Å². The summed E-state index contributed by atoms with van der Waals surface area (Å²) in [5.41, 5.74) is 3.51. The Morgan fingerprint density at radius 3 is 3.00 bits per heavy atom. The van der Waals surface area contributed by atoms with Gasteiger partial charge in [-0.2, -0.15) is 0 Å². The fourth-order valence-corrected chi connectivity index (χ4v) is 5.53. The van der Waals surface area contributed by atoms with Crippen LogP contribution in [0.3, 0.4) is 0 Å². The maximum absolute atomic E-state index is 5.94. The van der Waals surface area contributed by atoms with Crippen LogP contribution in [0, 0.1) is 0 Å². The van der Waals surface area contributed by atoms with Crippen LogP contribution >= 0.6 is 34.3 Å². The van der Waals surface area contributed by atoms with Crippen molar-refractivity contribution in [3.8, 4) is 10.4 Å². The number of halogens is 1. The summed E-state index contributed by atoms with van der Waals surface area (Å²) in [7, 11) is 0. The van der Waals surface area contributed by atoms with E-state index in [2.05, 4.69) is 35.3 Å². The van der Waals surface area contributed by atoms with E-state index in [9.17, 15) is 0 Å². The van der Waals surface area contributed by atoms with Gasteiger partial charge in [0.1, 0.15) is 0 Å². The third-order valence-corrected chi connectivity index (χ3v) is 5.95. The van der Waals surface area contributed by atoms with Gasteiger partial charge in [0.2, 0.25) is 5.28 Å². The van der Waals surface area contributed by atoms with E-state index in [0.717, 1.165) is 11.3 Å². The molecule has 0 saturated carbocycles. The topological polar surface area (TPSA) is 25.8 Å². The summed E-state index contributed by atoms with van der Waals surface area (Å²) in [5.74, 6) is 0. The van der Waals surface area contributed by atoms with Gasteiger partial charge >= 0.3 is 0 Å². The maximum atomic E-state index is 5.94. The lowest BCUT2D eigenvalue weighted by Crippen LogP contribution is -2.16. The number of thiophene rings is 2. The number of aromatic nitrogens is 2. The zero-order valence-corrected chi connectivity index (χ0v) is 12.2. The fourth-order valence-electron chi connectivity index (χ4n) is 2.70. The number of hydrogen-bond donors (Lipinski definition) is 0. The molecular formula is C13H9ClN2S2. The highest BCUT2D eigenvalue weighted by Crippen LogP contribution is 2.55. The van der Waals surface area contributed by atoms with Gasteiger partial charge in [0.05, 0.1) is 5.69 Å². The van der Waals surface area contributed by atoms with Crippen molar-refractivity contribution >= 4 is 43.7 Å². The Balaban J connectivity index is 2.17. The third kappa shape index (κ3) is 1.18. The molecule has 1 aliphatic carbocycles. The molecule has 0 saturated heterocycles. The van der Waals surface area contributed by atoms with Gasteiger partial charge in [0.25, 0.3) is 0 Å². The van der Waals surface area contributed by atoms with Crippen LogP contribution in [0.1, 0.15) is 25.1 Å². The molecule has 0 radical (unpaired) electrons. The lowest BCUT2D eigenvalue weighted by Gasteiger charge is -2.19. The molecule has 3 aromatic heterocycles. The van der Waals surface area contributed by atoms with Gasteiger partial charge in [0, 0.05) is 37.0 Å². The number of rotatable bonds is 0. The summed E-state index contributed by atoms with van der Waals surface area (Å²) in [6.07, 6.45) is 1.86. The molecule has 0 spiro atoms. The Kier molecular flexibility index (Phi) is 2.01. The van der Waals surface area contributed by atoms with Crippen LogP contribution in [0.5, 0.6) is 0 Å². The molecule has 18 heavy (non-hydrogen) atoms. The first-order valence-corrected chi connectivity index (χ1v) is 7.70. The minimum Gasteiger partial charge on any atom is -0.226 e. The molecule has 5 heteroatoms. The quantitative estimate of drug-likeness (QED) is 0.561. The minimum absolute atomic E-state index is 0.0830. The number of nitrogens with zero attached hydrogens (tertiary/aromatic N) is 2. The molecule has 90 valence electrons. The van der Waals surface area contributed by atoms with Crippen molar-refractivity contribution in [1.82, 2.24) is 9.97 Å². The van der Waals surface area contributed by atoms with Crippen LogP contribution in [0.2, 0.25) is 5.28 Å². The molecule has 0 bridgehead atoms. The SMILES string of the molecule is CC1(C)c2nc(Cl)ncc2-c2sc3ccsc3c21. The highest BCUT2D eigenvalue weighted by Gasteiger charge is 2.41. The molecule has 0 N–H and O–H groups in total. The van der Waals surface area contributed by atoms with Gasteiger partial charge in [-0.1, -0.05) is 13.8 Å². The van der Waals surface area contributed by atoms with Gasteiger partial charge in [-0.15, -0.1) is 22.7 Å². The van der Waals surface area contributed by atoms with Crippen molar-refractivity contribution in [2.45, 2.75) is 19.3 Å². The van der Waals surface area contributed by atoms with E-state index in [0.29, 0.717) is 5.28 Å². The largest absolute Gasteiger partial charge is 0.226 e. The first-order chi connectivity index (χ1) is 8.59. The second-order valence-electron chi connectivity index (χ2n) is 4.95. The van der Waals surface area contributed by atoms with Crippen molar-refractivity contribution in [1.29, 1.82) is 0 Å². The second-order valence-corrected chi connectivity index (χ2v) is 7.25. The summed E-state index contributed by atoms with van der Waals surface area (Å²) in [6, 6.07) is 2.19. The third-order valence-electron chi connectivity index (χ3n) is 3.52. The molecule has 3 aromatic rings. The van der Waals surface area contributed by atoms with Gasteiger partial charge in [-0.05, 0) is 23.0 Å². The van der Waals surface area contributed by atoms with Crippen LogP contribution in [-0.2, 0) is 5.41 Å². The van der Waals surface area contributed by atoms with E-state index >= 15 is 0 Å². The lowest BCUT2D eigenvalue weighted by atomic mass is 9.86. The summed E-state index contributed by atoms with van der Waals surface area (Å²) in [5, 5.41) is 2.48. The summed E-state index contributed by atoms with van der Waals surface area (Å²) in [6.45, 7) is 4.43. The van der Waals surface area contributed by atoms with Gasteiger partial charge in [0.15, 0.2) is 0 Å². The smallest absolute Gasteiger partial charge is 0.222 e. The normalized spacial score (nSPS) is 15.9. The Bertz CT molecular complexity index is 785. The van der Waals surface area contributed by atoms with Crippen molar-refractivity contribution in [3.63, 3.8) is 0 Å². The van der Waals surface area contributed by atoms with Crippen LogP contribution in [0.4, 0.5) is 0 Å². The fraction of sp³-hybridized carbons (Fsp3) is 0.231. The molecule has 0 atom stereocenters. The standard InChI is InChI=1S/C13H9ClN2S2/c1-13(2)8-9(18-7-3-4-17-10(7)8)6-5-15-12(14)16-11(6)13/h3-5H,1-2H3. The van der Waals surface area contributed by atoms with Crippen molar-refractivity contribution in [2.75, 3.05) is 0 Å². The van der Waals surface area contributed by atoms with Gasteiger partial charge in [-0.3, -0.25) is 0 Å². The predicted octanol–water partition coefficient (Wildman–Crippen LogP) is 4.71. The van der Waals surface area contributed by atoms with Crippen molar-refractivity contribution < 1.29 is 0 Å². The molecule has 3 heterocycles. The van der Waals surface area contributed by atoms with Crippen LogP contribution in [0.15, 0.2) is 17.6 Å². The highest BCUT2D eigenvalue weighted by molar-refractivity contribution is 7.29. The predicted molar refractivity (Wildman–Crippen MR) is 77.9 cm³/mol. The molecule has 0 amide bonds. The molecule has 0 unspecified atom stereocenters. The van der Waals surface area contributed by atoms with E-state index in [-0.39, 0.29) is 5.41 Å². The van der Waals surface area contributed by atoms with Gasteiger partial charge in [-0.25, -0.2) is 9.97 Å². The average molecular weight is 293 g/mol. The molecule has 0 fully saturated rings. The van der Waals surface area contributed by atoms with Crippen LogP contribution in [0.25, 0.3) is 19.8 Å². The monoisotopic (exact) mass is 292 g/mol. The maximum Gasteiger partial charge on any atom is 0.222 e. The lowest BCUT2D eigenvalue weighted by molar-refractivity contribution is 0.641. The highest BCUT2D eigenvalue weighted by atomic mass is 35.5. The Morgan fingerprint density at radius 2 is 2.17 bits per heavy atom. The van der Waals surface area contributed by atoms with Crippen LogP contribution < -0.4 is 0 Å². The van der Waals surface area contributed by atoms with Crippen LogP contribution in [-0.4, -0.2) is 9.97 Å². The van der Waals surface area contributed by atoms with E-state index in [4.69, 9.17) is 11.6 Å². The van der Waals surface area contributed by atoms with E-state index in [1.807, 2.05) is 17.5 Å².